The van der Waals surface area contributed by atoms with Crippen molar-refractivity contribution >= 4 is 5.91 Å². The number of nitrogens with zero attached hydrogens (tertiary/aromatic N) is 1. The van der Waals surface area contributed by atoms with E-state index >= 15 is 0 Å². The highest BCUT2D eigenvalue weighted by molar-refractivity contribution is 5.78. The van der Waals surface area contributed by atoms with Gasteiger partial charge in [-0.15, -0.1) is 0 Å². The smallest absolute Gasteiger partial charge is 0.223 e. The maximum Gasteiger partial charge on any atom is 0.223 e. The second-order valence-electron chi connectivity index (χ2n) is 6.78. The molecule has 0 aromatic heterocycles. The fraction of sp³-hybridized carbons (Fsp3) is 0.650. The van der Waals surface area contributed by atoms with Crippen molar-refractivity contribution in [2.24, 2.45) is 5.92 Å². The summed E-state index contributed by atoms with van der Waals surface area (Å²) < 4.78 is 0. The second kappa shape index (κ2) is 9.07. The van der Waals surface area contributed by atoms with Gasteiger partial charge in [0.1, 0.15) is 0 Å². The molecule has 23 heavy (non-hydrogen) atoms. The molecule has 1 amide bonds. The van der Waals surface area contributed by atoms with Crippen LogP contribution in [0, 0.1) is 12.8 Å². The van der Waals surface area contributed by atoms with Crippen LogP contribution in [-0.4, -0.2) is 30.4 Å². The number of rotatable bonds is 7. The lowest BCUT2D eigenvalue weighted by Gasteiger charge is -2.35. The number of aryl methyl sites for hydroxylation is 1. The van der Waals surface area contributed by atoms with Crippen molar-refractivity contribution in [1.82, 2.24) is 10.2 Å². The molecule has 1 aliphatic rings. The van der Waals surface area contributed by atoms with Crippen LogP contribution in [0.3, 0.4) is 0 Å². The number of carbonyl (C=O) groups is 1. The van der Waals surface area contributed by atoms with Gasteiger partial charge in [0.25, 0.3) is 0 Å². The molecule has 0 aliphatic carbocycles. The molecule has 0 radical (unpaired) electrons. The fourth-order valence-electron chi connectivity index (χ4n) is 3.48. The average molecular weight is 316 g/mol. The van der Waals surface area contributed by atoms with Crippen LogP contribution in [0.15, 0.2) is 24.3 Å². The Bertz CT molecular complexity index is 473. The molecule has 1 aromatic rings. The van der Waals surface area contributed by atoms with Crippen molar-refractivity contribution in [3.05, 3.63) is 35.4 Å². The molecule has 2 rings (SSSR count). The summed E-state index contributed by atoms with van der Waals surface area (Å²) in [7, 11) is 0. The lowest BCUT2D eigenvalue weighted by Crippen LogP contribution is -2.42. The van der Waals surface area contributed by atoms with Crippen molar-refractivity contribution < 1.29 is 4.79 Å². The Balaban J connectivity index is 2.07. The Morgan fingerprint density at radius 3 is 2.26 bits per heavy atom. The summed E-state index contributed by atoms with van der Waals surface area (Å²) in [5.74, 6) is 0.360. The fourth-order valence-corrected chi connectivity index (χ4v) is 3.48. The number of carbonyl (C=O) groups excluding carboxylic acids is 1. The van der Waals surface area contributed by atoms with Crippen LogP contribution in [-0.2, 0) is 4.79 Å². The summed E-state index contributed by atoms with van der Waals surface area (Å²) in [4.78, 5) is 14.9. The maximum absolute atomic E-state index is 12.3. The second-order valence-corrected chi connectivity index (χ2v) is 6.78. The summed E-state index contributed by atoms with van der Waals surface area (Å²) in [5.41, 5.74) is 2.61. The summed E-state index contributed by atoms with van der Waals surface area (Å²) in [5, 5.41) is 3.21. The largest absolute Gasteiger partial charge is 0.354 e. The first-order chi connectivity index (χ1) is 11.2. The van der Waals surface area contributed by atoms with Crippen LogP contribution < -0.4 is 5.32 Å². The van der Waals surface area contributed by atoms with E-state index in [1.165, 1.54) is 30.4 Å². The number of hydrogen-bond donors (Lipinski definition) is 1. The molecule has 128 valence electrons. The quantitative estimate of drug-likeness (QED) is 0.822. The third-order valence-electron chi connectivity index (χ3n) is 5.12. The van der Waals surface area contributed by atoms with Gasteiger partial charge in [0.15, 0.2) is 0 Å². The first-order valence-corrected chi connectivity index (χ1v) is 9.24. The zero-order valence-electron chi connectivity index (χ0n) is 15.0. The molecular formula is C20H32N2O. The van der Waals surface area contributed by atoms with E-state index in [0.29, 0.717) is 6.04 Å². The Hall–Kier alpha value is -1.35. The van der Waals surface area contributed by atoms with Gasteiger partial charge in [0, 0.05) is 12.5 Å². The van der Waals surface area contributed by atoms with Crippen molar-refractivity contribution in [3.63, 3.8) is 0 Å². The Labute approximate surface area is 141 Å². The molecular weight excluding hydrogens is 284 g/mol. The highest BCUT2D eigenvalue weighted by Crippen LogP contribution is 2.24. The number of likely N-dealkylation sites (tertiary alicyclic amines) is 1. The van der Waals surface area contributed by atoms with E-state index in [0.717, 1.165) is 32.5 Å². The zero-order valence-corrected chi connectivity index (χ0v) is 15.0. The predicted octanol–water partition coefficient (Wildman–Crippen LogP) is 4.07. The van der Waals surface area contributed by atoms with Gasteiger partial charge in [-0.05, 0) is 51.3 Å². The molecule has 1 atom stereocenters. The summed E-state index contributed by atoms with van der Waals surface area (Å²) in [6.45, 7) is 9.30. The van der Waals surface area contributed by atoms with Crippen molar-refractivity contribution in [2.75, 3.05) is 19.6 Å². The number of nitrogens with one attached hydrogen (secondary N) is 1. The number of piperidine rings is 1. The zero-order chi connectivity index (χ0) is 16.7. The third-order valence-corrected chi connectivity index (χ3v) is 5.12. The molecule has 1 heterocycles. The van der Waals surface area contributed by atoms with E-state index in [9.17, 15) is 4.79 Å². The highest BCUT2D eigenvalue weighted by atomic mass is 16.1. The normalized spacial score (nSPS) is 17.2. The first-order valence-electron chi connectivity index (χ1n) is 9.24. The van der Waals surface area contributed by atoms with Crippen LogP contribution >= 0.6 is 0 Å². The van der Waals surface area contributed by atoms with Gasteiger partial charge in [0.2, 0.25) is 5.91 Å². The minimum atomic E-state index is 0.148. The average Bonchev–Trinajstić information content (AvgIpc) is 2.58. The molecule has 1 unspecified atom stereocenters. The van der Waals surface area contributed by atoms with Gasteiger partial charge in [-0.3, -0.25) is 9.69 Å². The van der Waals surface area contributed by atoms with Crippen molar-refractivity contribution in [2.45, 2.75) is 58.9 Å². The minimum Gasteiger partial charge on any atom is -0.354 e. The van der Waals surface area contributed by atoms with E-state index in [1.54, 1.807) is 0 Å². The van der Waals surface area contributed by atoms with E-state index in [-0.39, 0.29) is 11.8 Å². The van der Waals surface area contributed by atoms with E-state index in [2.05, 4.69) is 55.3 Å². The van der Waals surface area contributed by atoms with Crippen molar-refractivity contribution in [3.8, 4) is 0 Å². The molecule has 3 nitrogen and oxygen atoms in total. The number of amides is 1. The highest BCUT2D eigenvalue weighted by Gasteiger charge is 2.24. The molecule has 0 saturated carbocycles. The minimum absolute atomic E-state index is 0.148. The van der Waals surface area contributed by atoms with E-state index in [1.807, 2.05) is 0 Å². The van der Waals surface area contributed by atoms with Gasteiger partial charge in [-0.1, -0.05) is 50.1 Å². The van der Waals surface area contributed by atoms with Crippen LogP contribution in [0.2, 0.25) is 0 Å². The molecule has 0 spiro atoms. The van der Waals surface area contributed by atoms with Gasteiger partial charge in [-0.2, -0.15) is 0 Å². The summed E-state index contributed by atoms with van der Waals surface area (Å²) in [6.07, 6.45) is 5.70. The maximum atomic E-state index is 12.3. The van der Waals surface area contributed by atoms with Gasteiger partial charge >= 0.3 is 0 Å². The van der Waals surface area contributed by atoms with Crippen LogP contribution in [0.1, 0.15) is 63.1 Å². The molecule has 0 bridgehead atoms. The van der Waals surface area contributed by atoms with E-state index < -0.39 is 0 Å². The van der Waals surface area contributed by atoms with E-state index in [4.69, 9.17) is 0 Å². The lowest BCUT2D eigenvalue weighted by atomic mass is 9.99. The molecule has 1 N–H and O–H groups in total. The number of hydrogen-bond acceptors (Lipinski definition) is 2. The monoisotopic (exact) mass is 316 g/mol. The molecule has 1 aromatic carbocycles. The summed E-state index contributed by atoms with van der Waals surface area (Å²) >= 11 is 0. The standard InChI is InChI=1S/C20H32N2O/c1-4-17(5-2)20(23)21-15-19(22-13-7-6-8-14-22)18-11-9-16(3)10-12-18/h9-12,17,19H,4-8,13-15H2,1-3H3,(H,21,23). The van der Waals surface area contributed by atoms with Crippen molar-refractivity contribution in [1.29, 1.82) is 0 Å². The molecule has 1 saturated heterocycles. The number of benzene rings is 1. The van der Waals surface area contributed by atoms with Crippen LogP contribution in [0.5, 0.6) is 0 Å². The van der Waals surface area contributed by atoms with Gasteiger partial charge < -0.3 is 5.32 Å². The molecule has 3 heteroatoms. The predicted molar refractivity (Wildman–Crippen MR) is 96.4 cm³/mol. The van der Waals surface area contributed by atoms with Gasteiger partial charge in [0.05, 0.1) is 6.04 Å². The summed E-state index contributed by atoms with van der Waals surface area (Å²) in [6, 6.07) is 9.09. The lowest BCUT2D eigenvalue weighted by molar-refractivity contribution is -0.125. The topological polar surface area (TPSA) is 32.3 Å². The SMILES string of the molecule is CCC(CC)C(=O)NCC(c1ccc(C)cc1)N1CCCCC1. The molecule has 1 fully saturated rings. The van der Waals surface area contributed by atoms with Crippen LogP contribution in [0.4, 0.5) is 0 Å². The Morgan fingerprint density at radius 1 is 1.09 bits per heavy atom. The Morgan fingerprint density at radius 2 is 1.70 bits per heavy atom. The third kappa shape index (κ3) is 5.07. The van der Waals surface area contributed by atoms with Crippen LogP contribution in [0.25, 0.3) is 0 Å². The first kappa shape index (κ1) is 18.0. The molecule has 1 aliphatic heterocycles. The van der Waals surface area contributed by atoms with Gasteiger partial charge in [-0.25, -0.2) is 0 Å². The Kier molecular flexibility index (Phi) is 7.10.